The van der Waals surface area contributed by atoms with Gasteiger partial charge in [0.05, 0.1) is 30.3 Å². The van der Waals surface area contributed by atoms with Crippen LogP contribution >= 0.6 is 0 Å². The van der Waals surface area contributed by atoms with Crippen LogP contribution in [0.25, 0.3) is 0 Å². The van der Waals surface area contributed by atoms with Gasteiger partial charge in [-0.3, -0.25) is 0 Å². The molecule has 0 radical (unpaired) electrons. The quantitative estimate of drug-likeness (QED) is 0.428. The average Bonchev–Trinajstić information content (AvgIpc) is 3.18. The number of carbonyl (C=O) groups is 2. The fourth-order valence-corrected chi connectivity index (χ4v) is 3.55. The van der Waals surface area contributed by atoms with E-state index in [1.807, 2.05) is 13.0 Å². The van der Waals surface area contributed by atoms with Crippen LogP contribution in [0.15, 0.2) is 47.6 Å². The predicted octanol–water partition coefficient (Wildman–Crippen LogP) is 0.971. The molecule has 7 heteroatoms. The number of aliphatic hydroxyl groups excluding tert-OH is 2. The van der Waals surface area contributed by atoms with Crippen LogP contribution in [-0.4, -0.2) is 59.3 Å². The molecule has 5 atom stereocenters. The second-order valence-corrected chi connectivity index (χ2v) is 7.15. The molecular weight excluding hydrogens is 352 g/mol. The van der Waals surface area contributed by atoms with Crippen molar-refractivity contribution in [3.05, 3.63) is 47.6 Å². The van der Waals surface area contributed by atoms with Gasteiger partial charge in [-0.2, -0.15) is 0 Å². The molecule has 5 unspecified atom stereocenters. The van der Waals surface area contributed by atoms with Gasteiger partial charge in [-0.05, 0) is 25.5 Å². The molecule has 0 aromatic heterocycles. The Morgan fingerprint density at radius 3 is 2.85 bits per heavy atom. The molecule has 2 fully saturated rings. The summed E-state index contributed by atoms with van der Waals surface area (Å²) in [6.45, 7) is 6.67. The van der Waals surface area contributed by atoms with E-state index >= 15 is 0 Å². The van der Waals surface area contributed by atoms with Crippen molar-refractivity contribution in [1.82, 2.24) is 0 Å². The lowest BCUT2D eigenvalue weighted by atomic mass is 9.83. The van der Waals surface area contributed by atoms with Crippen LogP contribution in [0.1, 0.15) is 20.3 Å². The van der Waals surface area contributed by atoms with Gasteiger partial charge in [0.1, 0.15) is 18.3 Å². The molecule has 0 spiro atoms. The smallest absolute Gasteiger partial charge is 0.336 e. The van der Waals surface area contributed by atoms with E-state index in [-0.39, 0.29) is 23.9 Å². The van der Waals surface area contributed by atoms with Gasteiger partial charge >= 0.3 is 11.9 Å². The number of ether oxygens (including phenoxy) is 3. The Labute approximate surface area is 157 Å². The van der Waals surface area contributed by atoms with Gasteiger partial charge in [-0.1, -0.05) is 24.8 Å². The molecule has 0 aromatic carbocycles. The lowest BCUT2D eigenvalue weighted by molar-refractivity contribution is -0.148. The van der Waals surface area contributed by atoms with Crippen molar-refractivity contribution < 1.29 is 34.0 Å². The number of esters is 2. The highest BCUT2D eigenvalue weighted by Gasteiger charge is 2.56. The van der Waals surface area contributed by atoms with Crippen molar-refractivity contribution in [1.29, 1.82) is 0 Å². The number of carbonyl (C=O) groups excluding carboxylic acids is 2. The van der Waals surface area contributed by atoms with Crippen molar-refractivity contribution in [2.24, 2.45) is 5.92 Å². The molecule has 0 saturated carbocycles. The fraction of sp³-hybridized carbons (Fsp3) is 0.500. The van der Waals surface area contributed by atoms with E-state index in [1.54, 1.807) is 19.1 Å². The number of aliphatic hydroxyl groups is 2. The van der Waals surface area contributed by atoms with Crippen molar-refractivity contribution in [2.45, 2.75) is 44.2 Å². The molecule has 3 rings (SSSR count). The van der Waals surface area contributed by atoms with Gasteiger partial charge in [0.2, 0.25) is 0 Å². The van der Waals surface area contributed by atoms with E-state index in [1.165, 1.54) is 6.08 Å². The van der Waals surface area contributed by atoms with Gasteiger partial charge < -0.3 is 24.4 Å². The molecule has 2 heterocycles. The first-order chi connectivity index (χ1) is 12.8. The molecule has 3 aliphatic rings. The lowest BCUT2D eigenvalue weighted by Gasteiger charge is -2.28. The van der Waals surface area contributed by atoms with Crippen molar-refractivity contribution in [3.63, 3.8) is 0 Å². The summed E-state index contributed by atoms with van der Waals surface area (Å²) in [4.78, 5) is 24.6. The Balaban J connectivity index is 1.97. The highest BCUT2D eigenvalue weighted by atomic mass is 16.6. The third-order valence-electron chi connectivity index (χ3n) is 5.29. The summed E-state index contributed by atoms with van der Waals surface area (Å²) in [7, 11) is 0. The zero-order chi connectivity index (χ0) is 19.8. The van der Waals surface area contributed by atoms with Crippen LogP contribution < -0.4 is 0 Å². The summed E-state index contributed by atoms with van der Waals surface area (Å²) in [5.74, 6) is -1.82. The Bertz CT molecular complexity index is 747. The van der Waals surface area contributed by atoms with Crippen LogP contribution in [0.3, 0.4) is 0 Å². The zero-order valence-electron chi connectivity index (χ0n) is 15.4. The normalized spacial score (nSPS) is 38.8. The Kier molecular flexibility index (Phi) is 5.37. The topological polar surface area (TPSA) is 106 Å². The molecule has 0 amide bonds. The van der Waals surface area contributed by atoms with Gasteiger partial charge in [0.25, 0.3) is 0 Å². The summed E-state index contributed by atoms with van der Waals surface area (Å²) < 4.78 is 16.8. The fourth-order valence-electron chi connectivity index (χ4n) is 3.55. The van der Waals surface area contributed by atoms with Crippen molar-refractivity contribution in [3.8, 4) is 0 Å². The molecule has 2 saturated heterocycles. The first-order valence-electron chi connectivity index (χ1n) is 8.87. The molecule has 2 N–H and O–H groups in total. The minimum absolute atomic E-state index is 0.129. The van der Waals surface area contributed by atoms with Crippen LogP contribution in [0, 0.1) is 5.92 Å². The highest BCUT2D eigenvalue weighted by Crippen LogP contribution is 2.46. The second kappa shape index (κ2) is 7.42. The van der Waals surface area contributed by atoms with E-state index in [4.69, 9.17) is 14.2 Å². The van der Waals surface area contributed by atoms with E-state index in [0.717, 1.165) is 0 Å². The van der Waals surface area contributed by atoms with E-state index < -0.39 is 42.3 Å². The minimum atomic E-state index is -0.736. The summed E-state index contributed by atoms with van der Waals surface area (Å²) >= 11 is 0. The van der Waals surface area contributed by atoms with Crippen LogP contribution in [0.4, 0.5) is 0 Å². The summed E-state index contributed by atoms with van der Waals surface area (Å²) in [5.41, 5.74) is 0.347. The molecule has 0 bridgehead atoms. The maximum absolute atomic E-state index is 12.4. The van der Waals surface area contributed by atoms with Crippen LogP contribution in [0.5, 0.6) is 0 Å². The first-order valence-corrected chi connectivity index (χ1v) is 8.87. The van der Waals surface area contributed by atoms with E-state index in [2.05, 4.69) is 6.58 Å². The maximum Gasteiger partial charge on any atom is 0.336 e. The number of fused-ring (bicyclic) bond motifs is 2. The van der Waals surface area contributed by atoms with Crippen LogP contribution in [-0.2, 0) is 23.8 Å². The number of hydrogen-bond acceptors (Lipinski definition) is 7. The molecular formula is C20H24O7. The average molecular weight is 376 g/mol. The van der Waals surface area contributed by atoms with Crippen molar-refractivity contribution >= 4 is 11.9 Å². The Morgan fingerprint density at radius 1 is 1.48 bits per heavy atom. The summed E-state index contributed by atoms with van der Waals surface area (Å²) in [6, 6.07) is 0. The lowest BCUT2D eigenvalue weighted by Crippen LogP contribution is -2.37. The molecule has 7 nitrogen and oxygen atoms in total. The Morgan fingerprint density at radius 2 is 2.22 bits per heavy atom. The number of hydrogen-bond donors (Lipinski definition) is 2. The minimum Gasteiger partial charge on any atom is -0.458 e. The number of rotatable bonds is 4. The second-order valence-electron chi connectivity index (χ2n) is 7.15. The van der Waals surface area contributed by atoms with E-state index in [0.29, 0.717) is 12.0 Å². The summed E-state index contributed by atoms with van der Waals surface area (Å²) in [5, 5.41) is 18.9. The molecule has 27 heavy (non-hydrogen) atoms. The van der Waals surface area contributed by atoms with Gasteiger partial charge in [0, 0.05) is 12.0 Å². The van der Waals surface area contributed by atoms with Gasteiger partial charge in [-0.15, -0.1) is 0 Å². The molecule has 2 aliphatic heterocycles. The summed E-state index contributed by atoms with van der Waals surface area (Å²) in [6.07, 6.45) is 5.42. The third-order valence-corrected chi connectivity index (χ3v) is 5.29. The van der Waals surface area contributed by atoms with Crippen molar-refractivity contribution in [2.75, 3.05) is 13.2 Å². The van der Waals surface area contributed by atoms with Gasteiger partial charge in [0.15, 0.2) is 0 Å². The molecule has 0 aromatic rings. The Hall–Kier alpha value is -2.22. The standard InChI is InChI=1S/C20H24O7/c1-4-13(10-22)19(24)26-15-8-20(3)16(27-20)6-5-12(9-21)7-14-17(15)11(2)18(23)25-14/h4-7,14-17,21-22H,2,8-10H2,1,3H3/b6-5-,12-7+,13-4+. The first kappa shape index (κ1) is 19.5. The number of epoxide rings is 1. The number of allylic oxidation sites excluding steroid dienone is 1. The van der Waals surface area contributed by atoms with E-state index in [9.17, 15) is 19.8 Å². The monoisotopic (exact) mass is 376 g/mol. The third kappa shape index (κ3) is 3.76. The highest BCUT2D eigenvalue weighted by molar-refractivity contribution is 5.92. The largest absolute Gasteiger partial charge is 0.458 e. The predicted molar refractivity (Wildman–Crippen MR) is 95.4 cm³/mol. The van der Waals surface area contributed by atoms with Gasteiger partial charge in [-0.25, -0.2) is 9.59 Å². The molecule has 146 valence electrons. The zero-order valence-corrected chi connectivity index (χ0v) is 15.4. The maximum atomic E-state index is 12.4. The van der Waals surface area contributed by atoms with Crippen LogP contribution in [0.2, 0.25) is 0 Å². The SMILES string of the molecule is C=C1C(=O)OC2/C=C(CO)\C=C/C3OC3(C)CC(OC(=O)/C(=C/C)CO)C12. The molecule has 1 aliphatic carbocycles.